The quantitative estimate of drug-likeness (QED) is 0.574. The number of benzene rings is 2. The maximum Gasteiger partial charge on any atom is 0.176 e. The van der Waals surface area contributed by atoms with Gasteiger partial charge in [-0.25, -0.2) is 0 Å². The minimum absolute atomic E-state index is 0.0984. The van der Waals surface area contributed by atoms with Gasteiger partial charge in [0, 0.05) is 0 Å². The Morgan fingerprint density at radius 2 is 1.68 bits per heavy atom. The molecule has 1 nitrogen and oxygen atoms in total. The molecule has 0 saturated heterocycles. The summed E-state index contributed by atoms with van der Waals surface area (Å²) in [5, 5.41) is -0.336. The lowest BCUT2D eigenvalue weighted by molar-refractivity contribution is -0.116. The molecule has 2 heteroatoms. The molecule has 0 spiro atoms. The normalized spacial score (nSPS) is 20.3. The topological polar surface area (TPSA) is 17.1 Å². The van der Waals surface area contributed by atoms with Gasteiger partial charge in [0.25, 0.3) is 0 Å². The van der Waals surface area contributed by atoms with Gasteiger partial charge in [0.05, 0.1) is 5.38 Å². The molecule has 1 aliphatic rings. The summed E-state index contributed by atoms with van der Waals surface area (Å²) in [5.74, 6) is 0.0984. The van der Waals surface area contributed by atoms with E-state index in [9.17, 15) is 4.79 Å². The van der Waals surface area contributed by atoms with Crippen molar-refractivity contribution in [2.24, 2.45) is 0 Å². The number of hydrogen-bond donors (Lipinski definition) is 0. The molecule has 3 rings (SSSR count). The van der Waals surface area contributed by atoms with Gasteiger partial charge in [-0.3, -0.25) is 4.79 Å². The second-order valence-electron chi connectivity index (χ2n) is 5.80. The SMILES string of the molecule is O=C1C(=Cc2ccc(Cc3ccccc3)cc2)CCCC1Cl. The third-order valence-corrected chi connectivity index (χ3v) is 4.49. The molecule has 2 aromatic carbocycles. The van der Waals surface area contributed by atoms with Crippen LogP contribution in [0.4, 0.5) is 0 Å². The summed E-state index contributed by atoms with van der Waals surface area (Å²) in [7, 11) is 0. The summed E-state index contributed by atoms with van der Waals surface area (Å²) in [6, 6.07) is 18.8. The van der Waals surface area contributed by atoms with Crippen LogP contribution in [0.2, 0.25) is 0 Å². The van der Waals surface area contributed by atoms with E-state index >= 15 is 0 Å². The molecule has 22 heavy (non-hydrogen) atoms. The van der Waals surface area contributed by atoms with Crippen LogP contribution in [0.1, 0.15) is 36.0 Å². The van der Waals surface area contributed by atoms with Crippen LogP contribution in [0.25, 0.3) is 6.08 Å². The highest BCUT2D eigenvalue weighted by molar-refractivity contribution is 6.34. The maximum atomic E-state index is 12.0. The number of rotatable bonds is 3. The summed E-state index contributed by atoms with van der Waals surface area (Å²) >= 11 is 6.05. The van der Waals surface area contributed by atoms with E-state index in [-0.39, 0.29) is 11.2 Å². The van der Waals surface area contributed by atoms with Crippen molar-refractivity contribution >= 4 is 23.5 Å². The van der Waals surface area contributed by atoms with E-state index in [1.165, 1.54) is 11.1 Å². The first kappa shape index (κ1) is 15.1. The molecule has 2 aromatic rings. The molecule has 0 amide bonds. The molecule has 0 heterocycles. The first-order valence-electron chi connectivity index (χ1n) is 7.74. The molecule has 0 aromatic heterocycles. The fourth-order valence-corrected chi connectivity index (χ4v) is 3.13. The van der Waals surface area contributed by atoms with Crippen LogP contribution in [0, 0.1) is 0 Å². The summed E-state index contributed by atoms with van der Waals surface area (Å²) in [5.41, 5.74) is 4.52. The molecule has 1 fully saturated rings. The average molecular weight is 311 g/mol. The van der Waals surface area contributed by atoms with Crippen molar-refractivity contribution in [2.75, 3.05) is 0 Å². The fourth-order valence-electron chi connectivity index (χ4n) is 2.83. The number of allylic oxidation sites excluding steroid dienone is 1. The van der Waals surface area contributed by atoms with Crippen molar-refractivity contribution < 1.29 is 4.79 Å². The minimum Gasteiger partial charge on any atom is -0.293 e. The number of Topliss-reactive ketones (excluding diaryl/α,β-unsaturated/α-hetero) is 1. The highest BCUT2D eigenvalue weighted by Crippen LogP contribution is 2.26. The van der Waals surface area contributed by atoms with Crippen LogP contribution in [0.15, 0.2) is 60.2 Å². The average Bonchev–Trinajstić information content (AvgIpc) is 2.55. The molecule has 1 atom stereocenters. The summed E-state index contributed by atoms with van der Waals surface area (Å²) < 4.78 is 0. The summed E-state index contributed by atoms with van der Waals surface area (Å²) in [4.78, 5) is 12.0. The molecular formula is C20H19ClO. The van der Waals surface area contributed by atoms with Gasteiger partial charge in [-0.05, 0) is 54.0 Å². The van der Waals surface area contributed by atoms with Gasteiger partial charge in [-0.2, -0.15) is 0 Å². The Labute approximate surface area is 136 Å². The van der Waals surface area contributed by atoms with Gasteiger partial charge in [0.1, 0.15) is 0 Å². The Bertz CT molecular complexity index is 671. The van der Waals surface area contributed by atoms with E-state index in [0.717, 1.165) is 36.8 Å². The molecule has 0 radical (unpaired) electrons. The second kappa shape index (κ2) is 6.93. The van der Waals surface area contributed by atoms with Gasteiger partial charge in [-0.1, -0.05) is 54.6 Å². The second-order valence-corrected chi connectivity index (χ2v) is 6.32. The Morgan fingerprint density at radius 3 is 2.41 bits per heavy atom. The van der Waals surface area contributed by atoms with Gasteiger partial charge >= 0.3 is 0 Å². The van der Waals surface area contributed by atoms with Crippen LogP contribution >= 0.6 is 11.6 Å². The van der Waals surface area contributed by atoms with E-state index in [1.807, 2.05) is 12.1 Å². The van der Waals surface area contributed by atoms with Gasteiger partial charge < -0.3 is 0 Å². The Morgan fingerprint density at radius 1 is 1.00 bits per heavy atom. The fraction of sp³-hybridized carbons (Fsp3) is 0.250. The molecule has 1 saturated carbocycles. The zero-order valence-electron chi connectivity index (χ0n) is 12.5. The lowest BCUT2D eigenvalue weighted by atomic mass is 9.91. The minimum atomic E-state index is -0.336. The van der Waals surface area contributed by atoms with E-state index in [0.29, 0.717) is 0 Å². The zero-order valence-corrected chi connectivity index (χ0v) is 13.2. The predicted molar refractivity (Wildman–Crippen MR) is 92.2 cm³/mol. The van der Waals surface area contributed by atoms with Crippen molar-refractivity contribution in [2.45, 2.75) is 31.1 Å². The standard InChI is InChI=1S/C20H19ClO/c21-19-8-4-7-18(20(19)22)14-17-11-9-16(10-12-17)13-15-5-2-1-3-6-15/h1-3,5-6,9-12,14,19H,4,7-8,13H2. The molecule has 1 unspecified atom stereocenters. The van der Waals surface area contributed by atoms with E-state index in [1.54, 1.807) is 0 Å². The van der Waals surface area contributed by atoms with E-state index in [4.69, 9.17) is 11.6 Å². The number of alkyl halides is 1. The Balaban J connectivity index is 1.73. The van der Waals surface area contributed by atoms with Crippen LogP contribution in [-0.2, 0) is 11.2 Å². The third-order valence-electron chi connectivity index (χ3n) is 4.08. The number of hydrogen-bond acceptors (Lipinski definition) is 1. The molecular weight excluding hydrogens is 292 g/mol. The molecule has 0 N–H and O–H groups in total. The molecule has 0 bridgehead atoms. The number of ketones is 1. The van der Waals surface area contributed by atoms with Crippen LogP contribution in [0.5, 0.6) is 0 Å². The van der Waals surface area contributed by atoms with Crippen LogP contribution in [-0.4, -0.2) is 11.2 Å². The van der Waals surface area contributed by atoms with Crippen molar-refractivity contribution in [3.05, 3.63) is 76.9 Å². The number of halogens is 1. The summed E-state index contributed by atoms with van der Waals surface area (Å²) in [6.45, 7) is 0. The predicted octanol–water partition coefficient (Wildman–Crippen LogP) is 5.02. The molecule has 112 valence electrons. The number of carbonyl (C=O) groups is 1. The highest BCUT2D eigenvalue weighted by atomic mass is 35.5. The zero-order chi connectivity index (χ0) is 15.4. The van der Waals surface area contributed by atoms with Crippen molar-refractivity contribution in [1.29, 1.82) is 0 Å². The monoisotopic (exact) mass is 310 g/mol. The molecule has 1 aliphatic carbocycles. The van der Waals surface area contributed by atoms with Crippen molar-refractivity contribution in [1.82, 2.24) is 0 Å². The van der Waals surface area contributed by atoms with Gasteiger partial charge in [0.2, 0.25) is 0 Å². The molecule has 0 aliphatic heterocycles. The lowest BCUT2D eigenvalue weighted by Crippen LogP contribution is -2.21. The largest absolute Gasteiger partial charge is 0.293 e. The Kier molecular flexibility index (Phi) is 4.74. The van der Waals surface area contributed by atoms with Crippen molar-refractivity contribution in [3.63, 3.8) is 0 Å². The van der Waals surface area contributed by atoms with E-state index in [2.05, 4.69) is 48.5 Å². The first-order chi connectivity index (χ1) is 10.7. The lowest BCUT2D eigenvalue weighted by Gasteiger charge is -2.17. The highest BCUT2D eigenvalue weighted by Gasteiger charge is 2.24. The van der Waals surface area contributed by atoms with Crippen molar-refractivity contribution in [3.8, 4) is 0 Å². The third kappa shape index (κ3) is 3.66. The first-order valence-corrected chi connectivity index (χ1v) is 8.18. The smallest absolute Gasteiger partial charge is 0.176 e. The number of carbonyl (C=O) groups excluding carboxylic acids is 1. The van der Waals surface area contributed by atoms with Gasteiger partial charge in [0.15, 0.2) is 5.78 Å². The maximum absolute atomic E-state index is 12.0. The van der Waals surface area contributed by atoms with Crippen LogP contribution < -0.4 is 0 Å². The van der Waals surface area contributed by atoms with E-state index < -0.39 is 0 Å². The summed E-state index contributed by atoms with van der Waals surface area (Å²) in [6.07, 6.45) is 5.56. The van der Waals surface area contributed by atoms with Gasteiger partial charge in [-0.15, -0.1) is 11.6 Å². The Hall–Kier alpha value is -1.86. The van der Waals surface area contributed by atoms with Crippen LogP contribution in [0.3, 0.4) is 0 Å².